The summed E-state index contributed by atoms with van der Waals surface area (Å²) in [4.78, 5) is 12.3. The summed E-state index contributed by atoms with van der Waals surface area (Å²) >= 11 is 0. The first kappa shape index (κ1) is 15.7. The van der Waals surface area contributed by atoms with E-state index in [0.29, 0.717) is 19.3 Å². The van der Waals surface area contributed by atoms with E-state index in [4.69, 9.17) is 12.2 Å². The SMILES string of the molecule is C#CCCC1(CCC(=O)NC2CCC(N)c3ccccc32)N=N1. The summed E-state index contributed by atoms with van der Waals surface area (Å²) in [5.74, 6) is 2.64. The number of terminal acetylenes is 1. The minimum atomic E-state index is -0.392. The molecule has 0 spiro atoms. The second kappa shape index (κ2) is 6.51. The van der Waals surface area contributed by atoms with Gasteiger partial charge in [-0.05, 0) is 24.0 Å². The van der Waals surface area contributed by atoms with Crippen LogP contribution in [0.2, 0.25) is 0 Å². The number of hydrogen-bond acceptors (Lipinski definition) is 4. The standard InChI is InChI=1S/C18H22N4O/c1-2-3-11-18(21-22-18)12-10-17(23)20-16-9-8-15(19)13-6-4-5-7-14(13)16/h1,4-7,15-16H,3,8-12,19H2,(H,20,23). The molecular formula is C18H22N4O. The quantitative estimate of drug-likeness (QED) is 0.792. The van der Waals surface area contributed by atoms with Gasteiger partial charge in [-0.25, -0.2) is 0 Å². The largest absolute Gasteiger partial charge is 0.349 e. The molecule has 0 bridgehead atoms. The third-order valence-electron chi connectivity index (χ3n) is 4.68. The number of hydrogen-bond donors (Lipinski definition) is 2. The molecule has 2 unspecified atom stereocenters. The van der Waals surface area contributed by atoms with Crippen LogP contribution in [0, 0.1) is 12.3 Å². The fraction of sp³-hybridized carbons (Fsp3) is 0.500. The highest BCUT2D eigenvalue weighted by Crippen LogP contribution is 2.38. The summed E-state index contributed by atoms with van der Waals surface area (Å²) in [6.07, 6.45) is 9.47. The Balaban J connectivity index is 1.55. The van der Waals surface area contributed by atoms with E-state index in [0.717, 1.165) is 30.4 Å². The Hall–Kier alpha value is -2.19. The van der Waals surface area contributed by atoms with Crippen molar-refractivity contribution in [2.45, 2.75) is 56.3 Å². The molecule has 0 radical (unpaired) electrons. The number of carbonyl (C=O) groups is 1. The molecule has 0 saturated heterocycles. The lowest BCUT2D eigenvalue weighted by atomic mass is 9.84. The molecule has 5 heteroatoms. The average molecular weight is 310 g/mol. The molecule has 3 rings (SSSR count). The van der Waals surface area contributed by atoms with Gasteiger partial charge in [-0.2, -0.15) is 10.2 Å². The predicted molar refractivity (Wildman–Crippen MR) is 88.4 cm³/mol. The van der Waals surface area contributed by atoms with Gasteiger partial charge in [0.25, 0.3) is 0 Å². The average Bonchev–Trinajstić information content (AvgIpc) is 3.34. The Morgan fingerprint density at radius 3 is 2.74 bits per heavy atom. The fourth-order valence-corrected chi connectivity index (χ4v) is 3.22. The molecule has 1 aromatic carbocycles. The zero-order valence-electron chi connectivity index (χ0n) is 13.2. The Morgan fingerprint density at radius 2 is 2.04 bits per heavy atom. The van der Waals surface area contributed by atoms with E-state index in [1.807, 2.05) is 12.1 Å². The first-order valence-electron chi connectivity index (χ1n) is 8.15. The third kappa shape index (κ3) is 3.59. The van der Waals surface area contributed by atoms with Crippen LogP contribution in [0.25, 0.3) is 0 Å². The molecule has 2 aliphatic rings. The normalized spacial score (nSPS) is 23.7. The molecule has 1 aromatic rings. The first-order valence-corrected chi connectivity index (χ1v) is 8.15. The van der Waals surface area contributed by atoms with E-state index in [1.54, 1.807) is 0 Å². The third-order valence-corrected chi connectivity index (χ3v) is 4.68. The Kier molecular flexibility index (Phi) is 4.44. The van der Waals surface area contributed by atoms with Gasteiger partial charge in [-0.1, -0.05) is 24.3 Å². The fourth-order valence-electron chi connectivity index (χ4n) is 3.22. The minimum absolute atomic E-state index is 0.0395. The molecule has 0 saturated carbocycles. The number of benzene rings is 1. The smallest absolute Gasteiger partial charge is 0.220 e. The number of nitrogens with one attached hydrogen (secondary N) is 1. The highest BCUT2D eigenvalue weighted by molar-refractivity contribution is 5.76. The number of amides is 1. The number of rotatable bonds is 6. The summed E-state index contributed by atoms with van der Waals surface area (Å²) < 4.78 is 0. The Morgan fingerprint density at radius 1 is 1.30 bits per heavy atom. The summed E-state index contributed by atoms with van der Waals surface area (Å²) in [7, 11) is 0. The lowest BCUT2D eigenvalue weighted by molar-refractivity contribution is -0.122. The highest BCUT2D eigenvalue weighted by atomic mass is 16.1. The van der Waals surface area contributed by atoms with Gasteiger partial charge in [0.1, 0.15) is 0 Å². The zero-order chi connectivity index (χ0) is 16.3. The predicted octanol–water partition coefficient (Wildman–Crippen LogP) is 2.99. The molecule has 120 valence electrons. The van der Waals surface area contributed by atoms with Crippen LogP contribution in [0.4, 0.5) is 0 Å². The van der Waals surface area contributed by atoms with Gasteiger partial charge in [0.2, 0.25) is 5.91 Å². The molecule has 23 heavy (non-hydrogen) atoms. The number of fused-ring (bicyclic) bond motifs is 1. The summed E-state index contributed by atoms with van der Waals surface area (Å²) in [6, 6.07) is 8.21. The van der Waals surface area contributed by atoms with Gasteiger partial charge >= 0.3 is 0 Å². The van der Waals surface area contributed by atoms with Gasteiger partial charge < -0.3 is 11.1 Å². The maximum Gasteiger partial charge on any atom is 0.220 e. The summed E-state index contributed by atoms with van der Waals surface area (Å²) in [5.41, 5.74) is 8.05. The van der Waals surface area contributed by atoms with Gasteiger partial charge in [-0.15, -0.1) is 12.3 Å². The molecule has 5 nitrogen and oxygen atoms in total. The Bertz CT molecular complexity index is 655. The lowest BCUT2D eigenvalue weighted by Crippen LogP contribution is -2.33. The molecule has 1 amide bonds. The van der Waals surface area contributed by atoms with Crippen molar-refractivity contribution in [3.05, 3.63) is 35.4 Å². The van der Waals surface area contributed by atoms with Crippen molar-refractivity contribution >= 4 is 5.91 Å². The van der Waals surface area contributed by atoms with Gasteiger partial charge in [0.05, 0.1) is 6.04 Å². The second-order valence-electron chi connectivity index (χ2n) is 6.32. The van der Waals surface area contributed by atoms with Crippen molar-refractivity contribution in [3.63, 3.8) is 0 Å². The van der Waals surface area contributed by atoms with E-state index in [9.17, 15) is 4.79 Å². The van der Waals surface area contributed by atoms with Crippen LogP contribution in [-0.2, 0) is 4.79 Å². The second-order valence-corrected chi connectivity index (χ2v) is 6.32. The van der Waals surface area contributed by atoms with Crippen LogP contribution in [0.15, 0.2) is 34.5 Å². The topological polar surface area (TPSA) is 79.8 Å². The number of carbonyl (C=O) groups excluding carboxylic acids is 1. The van der Waals surface area contributed by atoms with Crippen LogP contribution < -0.4 is 11.1 Å². The van der Waals surface area contributed by atoms with Crippen LogP contribution in [0.1, 0.15) is 61.7 Å². The van der Waals surface area contributed by atoms with E-state index in [1.165, 1.54) is 0 Å². The maximum atomic E-state index is 12.3. The van der Waals surface area contributed by atoms with E-state index in [2.05, 4.69) is 33.6 Å². The Labute approximate surface area is 136 Å². The summed E-state index contributed by atoms with van der Waals surface area (Å²) in [6.45, 7) is 0. The van der Waals surface area contributed by atoms with E-state index >= 15 is 0 Å². The van der Waals surface area contributed by atoms with Crippen LogP contribution in [0.5, 0.6) is 0 Å². The molecule has 1 aliphatic carbocycles. The van der Waals surface area contributed by atoms with Crippen molar-refractivity contribution in [2.24, 2.45) is 16.0 Å². The van der Waals surface area contributed by atoms with Crippen molar-refractivity contribution in [2.75, 3.05) is 0 Å². The molecule has 1 heterocycles. The molecule has 3 N–H and O–H groups in total. The minimum Gasteiger partial charge on any atom is -0.349 e. The van der Waals surface area contributed by atoms with Gasteiger partial charge in [0, 0.05) is 31.7 Å². The molecule has 0 aromatic heterocycles. The van der Waals surface area contributed by atoms with Gasteiger partial charge in [-0.3, -0.25) is 4.79 Å². The lowest BCUT2D eigenvalue weighted by Gasteiger charge is -2.30. The van der Waals surface area contributed by atoms with E-state index < -0.39 is 5.66 Å². The number of nitrogens with two attached hydrogens (primary N) is 1. The molecule has 2 atom stereocenters. The summed E-state index contributed by atoms with van der Waals surface area (Å²) in [5, 5.41) is 11.3. The van der Waals surface area contributed by atoms with Crippen molar-refractivity contribution in [1.82, 2.24) is 5.32 Å². The zero-order valence-corrected chi connectivity index (χ0v) is 13.2. The van der Waals surface area contributed by atoms with Crippen LogP contribution in [-0.4, -0.2) is 11.6 Å². The number of nitrogens with zero attached hydrogens (tertiary/aromatic N) is 2. The maximum absolute atomic E-state index is 12.3. The monoisotopic (exact) mass is 310 g/mol. The first-order chi connectivity index (χ1) is 11.1. The van der Waals surface area contributed by atoms with Crippen molar-refractivity contribution in [1.29, 1.82) is 0 Å². The van der Waals surface area contributed by atoms with Gasteiger partial charge in [0.15, 0.2) is 5.66 Å². The molecule has 0 fully saturated rings. The van der Waals surface area contributed by atoms with Crippen LogP contribution >= 0.6 is 0 Å². The molecule has 1 aliphatic heterocycles. The van der Waals surface area contributed by atoms with Crippen molar-refractivity contribution < 1.29 is 4.79 Å². The molecular weight excluding hydrogens is 288 g/mol. The van der Waals surface area contributed by atoms with Crippen molar-refractivity contribution in [3.8, 4) is 12.3 Å². The van der Waals surface area contributed by atoms with Crippen LogP contribution in [0.3, 0.4) is 0 Å². The van der Waals surface area contributed by atoms with E-state index in [-0.39, 0.29) is 18.0 Å². The highest BCUT2D eigenvalue weighted by Gasteiger charge is 2.39.